The third kappa shape index (κ3) is 3.45. The Morgan fingerprint density at radius 2 is 1.39 bits per heavy atom. The van der Waals surface area contributed by atoms with E-state index in [1.165, 1.54) is 5.01 Å². The van der Waals surface area contributed by atoms with Gasteiger partial charge in [0, 0.05) is 18.4 Å². The molecule has 4 heteroatoms. The maximum atomic E-state index is 12.8. The van der Waals surface area contributed by atoms with Gasteiger partial charge in [-0.15, -0.1) is 0 Å². The molecular weight excluding hydrogens is 346 g/mol. The molecule has 0 unspecified atom stereocenters. The molecule has 0 bridgehead atoms. The van der Waals surface area contributed by atoms with Crippen molar-refractivity contribution in [3.05, 3.63) is 96.1 Å². The van der Waals surface area contributed by atoms with Crippen LogP contribution in [0.1, 0.15) is 12.5 Å². The summed E-state index contributed by atoms with van der Waals surface area (Å²) in [6.07, 6.45) is 1.90. The Labute approximate surface area is 165 Å². The fraction of sp³-hybridized carbons (Fsp3) is 0.0833. The Kier molecular flexibility index (Phi) is 4.77. The molecule has 0 N–H and O–H groups in total. The fourth-order valence-electron chi connectivity index (χ4n) is 3.19. The second-order valence-corrected chi connectivity index (χ2v) is 6.68. The van der Waals surface area contributed by atoms with Crippen LogP contribution < -0.4 is 9.91 Å². The summed E-state index contributed by atoms with van der Waals surface area (Å²) in [4.78, 5) is 14.9. The SMILES string of the molecule is CC1=NN(c2ccccc2)C(=O)/C1=C/c1ccc(N(C)c2ccccc2)cc1. The summed E-state index contributed by atoms with van der Waals surface area (Å²) in [5.74, 6) is -0.103. The van der Waals surface area contributed by atoms with E-state index in [2.05, 4.69) is 34.3 Å². The largest absolute Gasteiger partial charge is 0.345 e. The van der Waals surface area contributed by atoms with E-state index in [-0.39, 0.29) is 5.91 Å². The van der Waals surface area contributed by atoms with Gasteiger partial charge in [0.2, 0.25) is 0 Å². The molecule has 3 aromatic carbocycles. The summed E-state index contributed by atoms with van der Waals surface area (Å²) in [5.41, 5.74) is 5.30. The van der Waals surface area contributed by atoms with E-state index in [4.69, 9.17) is 0 Å². The van der Waals surface area contributed by atoms with Crippen molar-refractivity contribution in [3.63, 3.8) is 0 Å². The summed E-state index contributed by atoms with van der Waals surface area (Å²) in [5, 5.41) is 5.88. The van der Waals surface area contributed by atoms with E-state index in [1.807, 2.05) is 80.7 Å². The molecule has 3 aromatic rings. The topological polar surface area (TPSA) is 35.9 Å². The zero-order chi connectivity index (χ0) is 19.5. The second-order valence-electron chi connectivity index (χ2n) is 6.68. The first kappa shape index (κ1) is 17.7. The molecule has 0 aromatic heterocycles. The molecule has 0 aliphatic carbocycles. The zero-order valence-electron chi connectivity index (χ0n) is 15.9. The molecule has 4 nitrogen and oxygen atoms in total. The lowest BCUT2D eigenvalue weighted by Gasteiger charge is -2.19. The maximum Gasteiger partial charge on any atom is 0.280 e. The van der Waals surface area contributed by atoms with E-state index in [0.717, 1.165) is 28.3 Å². The first-order valence-electron chi connectivity index (χ1n) is 9.19. The summed E-state index contributed by atoms with van der Waals surface area (Å²) in [7, 11) is 2.04. The van der Waals surface area contributed by atoms with Crippen molar-refractivity contribution < 1.29 is 4.79 Å². The van der Waals surface area contributed by atoms with Crippen LogP contribution in [0.2, 0.25) is 0 Å². The Bertz CT molecular complexity index is 1040. The molecule has 1 amide bonds. The van der Waals surface area contributed by atoms with Crippen molar-refractivity contribution in [3.8, 4) is 0 Å². The molecule has 4 rings (SSSR count). The monoisotopic (exact) mass is 367 g/mol. The highest BCUT2D eigenvalue weighted by atomic mass is 16.2. The minimum Gasteiger partial charge on any atom is -0.345 e. The number of amides is 1. The van der Waals surface area contributed by atoms with Gasteiger partial charge >= 0.3 is 0 Å². The first-order chi connectivity index (χ1) is 13.6. The van der Waals surface area contributed by atoms with Crippen molar-refractivity contribution in [2.24, 2.45) is 5.10 Å². The molecule has 0 saturated heterocycles. The zero-order valence-corrected chi connectivity index (χ0v) is 15.9. The van der Waals surface area contributed by atoms with Crippen LogP contribution in [0.4, 0.5) is 17.1 Å². The quantitative estimate of drug-likeness (QED) is 0.590. The Balaban J connectivity index is 1.56. The predicted molar refractivity (Wildman–Crippen MR) is 116 cm³/mol. The highest BCUT2D eigenvalue weighted by Crippen LogP contribution is 2.26. The fourth-order valence-corrected chi connectivity index (χ4v) is 3.19. The summed E-state index contributed by atoms with van der Waals surface area (Å²) >= 11 is 0. The van der Waals surface area contributed by atoms with Crippen LogP contribution in [-0.4, -0.2) is 18.7 Å². The highest BCUT2D eigenvalue weighted by Gasteiger charge is 2.28. The van der Waals surface area contributed by atoms with Gasteiger partial charge in [-0.25, -0.2) is 0 Å². The average molecular weight is 367 g/mol. The number of nitrogens with zero attached hydrogens (tertiary/aromatic N) is 3. The minimum atomic E-state index is -0.103. The van der Waals surface area contributed by atoms with E-state index in [1.54, 1.807) is 0 Å². The molecular formula is C24H21N3O. The van der Waals surface area contributed by atoms with Crippen molar-refractivity contribution in [1.29, 1.82) is 0 Å². The van der Waals surface area contributed by atoms with Crippen LogP contribution in [0.3, 0.4) is 0 Å². The molecule has 1 aliphatic rings. The highest BCUT2D eigenvalue weighted by molar-refractivity contribution is 6.32. The number of carbonyl (C=O) groups excluding carboxylic acids is 1. The normalized spacial score (nSPS) is 15.1. The Morgan fingerprint density at radius 1 is 0.821 bits per heavy atom. The first-order valence-corrected chi connectivity index (χ1v) is 9.19. The molecule has 0 saturated carbocycles. The number of carbonyl (C=O) groups is 1. The van der Waals surface area contributed by atoms with E-state index >= 15 is 0 Å². The molecule has 1 aliphatic heterocycles. The number of hydrogen-bond acceptors (Lipinski definition) is 3. The van der Waals surface area contributed by atoms with Crippen molar-refractivity contribution in [1.82, 2.24) is 0 Å². The Hall–Kier alpha value is -3.66. The summed E-state index contributed by atoms with van der Waals surface area (Å²) in [6.45, 7) is 1.87. The molecule has 0 spiro atoms. The van der Waals surface area contributed by atoms with Gasteiger partial charge in [0.05, 0.1) is 17.0 Å². The molecule has 0 atom stereocenters. The van der Waals surface area contributed by atoms with Gasteiger partial charge in [0.1, 0.15) is 0 Å². The molecule has 1 heterocycles. The maximum absolute atomic E-state index is 12.8. The third-order valence-corrected chi connectivity index (χ3v) is 4.80. The van der Waals surface area contributed by atoms with Gasteiger partial charge < -0.3 is 4.90 Å². The van der Waals surface area contributed by atoms with Crippen LogP contribution in [-0.2, 0) is 4.79 Å². The van der Waals surface area contributed by atoms with Crippen LogP contribution in [0, 0.1) is 0 Å². The van der Waals surface area contributed by atoms with Crippen molar-refractivity contribution in [2.45, 2.75) is 6.92 Å². The molecule has 0 fully saturated rings. The second kappa shape index (κ2) is 7.53. The van der Waals surface area contributed by atoms with Gasteiger partial charge in [-0.05, 0) is 55.0 Å². The van der Waals surface area contributed by atoms with Crippen LogP contribution in [0.5, 0.6) is 0 Å². The van der Waals surface area contributed by atoms with Gasteiger partial charge in [-0.1, -0.05) is 48.5 Å². The van der Waals surface area contributed by atoms with Crippen molar-refractivity contribution in [2.75, 3.05) is 17.0 Å². The molecule has 138 valence electrons. The van der Waals surface area contributed by atoms with Crippen LogP contribution in [0.25, 0.3) is 6.08 Å². The van der Waals surface area contributed by atoms with Gasteiger partial charge in [-0.3, -0.25) is 4.79 Å². The van der Waals surface area contributed by atoms with E-state index in [0.29, 0.717) is 5.57 Å². The average Bonchev–Trinajstić information content (AvgIpc) is 3.03. The van der Waals surface area contributed by atoms with E-state index < -0.39 is 0 Å². The number of benzene rings is 3. The van der Waals surface area contributed by atoms with Crippen LogP contribution >= 0.6 is 0 Å². The molecule has 28 heavy (non-hydrogen) atoms. The predicted octanol–water partition coefficient (Wildman–Crippen LogP) is 5.26. The smallest absolute Gasteiger partial charge is 0.280 e. The summed E-state index contributed by atoms with van der Waals surface area (Å²) in [6, 6.07) is 27.8. The molecule has 0 radical (unpaired) electrons. The number of para-hydroxylation sites is 2. The summed E-state index contributed by atoms with van der Waals surface area (Å²) < 4.78 is 0. The minimum absolute atomic E-state index is 0.103. The number of hydrogen-bond donors (Lipinski definition) is 0. The van der Waals surface area contributed by atoms with Crippen LogP contribution in [0.15, 0.2) is 95.6 Å². The standard InChI is InChI=1S/C24H21N3O/c1-18-23(24(28)27(25-18)22-11-7-4-8-12-22)17-19-13-15-21(16-14-19)26(2)20-9-5-3-6-10-20/h3-17H,1-2H3/b23-17+. The van der Waals surface area contributed by atoms with E-state index in [9.17, 15) is 4.79 Å². The lowest BCUT2D eigenvalue weighted by Crippen LogP contribution is -2.21. The Morgan fingerprint density at radius 3 is 2.04 bits per heavy atom. The number of rotatable bonds is 4. The van der Waals surface area contributed by atoms with Gasteiger partial charge in [0.15, 0.2) is 0 Å². The third-order valence-electron chi connectivity index (χ3n) is 4.80. The number of hydrazone groups is 1. The van der Waals surface area contributed by atoms with Crippen molar-refractivity contribution >= 4 is 34.8 Å². The number of anilines is 3. The van der Waals surface area contributed by atoms with Gasteiger partial charge in [0.25, 0.3) is 5.91 Å². The lowest BCUT2D eigenvalue weighted by molar-refractivity contribution is -0.114. The van der Waals surface area contributed by atoms with Gasteiger partial charge in [-0.2, -0.15) is 10.1 Å². The lowest BCUT2D eigenvalue weighted by atomic mass is 10.1.